The van der Waals surface area contributed by atoms with E-state index in [4.69, 9.17) is 23.9 Å². The predicted octanol–water partition coefficient (Wildman–Crippen LogP) is 8.45. The van der Waals surface area contributed by atoms with E-state index in [9.17, 15) is 22.8 Å². The van der Waals surface area contributed by atoms with Crippen molar-refractivity contribution in [3.63, 3.8) is 0 Å². The highest BCUT2D eigenvalue weighted by molar-refractivity contribution is 6.21. The van der Waals surface area contributed by atoms with Crippen molar-refractivity contribution in [2.45, 2.75) is 32.5 Å². The number of hydrogen-bond donors (Lipinski definition) is 0. The van der Waals surface area contributed by atoms with Gasteiger partial charge >= 0.3 is 6.18 Å². The molecule has 7 rings (SSSR count). The molecule has 0 bridgehead atoms. The summed E-state index contributed by atoms with van der Waals surface area (Å²) in [5.74, 6) is 1.82. The number of aliphatic imine (C=N–C) groups is 2. The van der Waals surface area contributed by atoms with Crippen LogP contribution < -0.4 is 28.7 Å². The first-order chi connectivity index (χ1) is 28.4. The molecule has 59 heavy (non-hydrogen) atoms. The molecule has 1 unspecified atom stereocenters. The number of carbonyl (C=O) groups is 2. The van der Waals surface area contributed by atoms with Crippen LogP contribution in [-0.4, -0.2) is 77.4 Å². The fraction of sp³-hybridized carbons (Fsp3) is 0.261. The number of fused-ring (bicyclic) bond motifs is 2. The van der Waals surface area contributed by atoms with E-state index < -0.39 is 17.8 Å². The Kier molecular flexibility index (Phi) is 13.0. The molecule has 0 saturated heterocycles. The molecule has 1 atom stereocenters. The summed E-state index contributed by atoms with van der Waals surface area (Å²) in [6.07, 6.45) is -4.45. The van der Waals surface area contributed by atoms with Crippen LogP contribution in [0.4, 0.5) is 24.5 Å². The van der Waals surface area contributed by atoms with E-state index in [0.717, 1.165) is 40.2 Å². The van der Waals surface area contributed by atoms with Crippen LogP contribution in [0.3, 0.4) is 0 Å². The molecule has 5 aromatic carbocycles. The topological polar surface area (TPSA) is 102 Å². The normalized spacial score (nSPS) is 15.0. The minimum absolute atomic E-state index is 0.0256. The number of likely N-dealkylation sites (N-methyl/N-ethyl adjacent to an activating group) is 2. The van der Waals surface area contributed by atoms with Gasteiger partial charge in [0.15, 0.2) is 23.0 Å². The summed E-state index contributed by atoms with van der Waals surface area (Å²) in [5, 5.41) is 0. The van der Waals surface area contributed by atoms with Gasteiger partial charge in [-0.2, -0.15) is 13.2 Å². The third kappa shape index (κ3) is 9.09. The van der Waals surface area contributed by atoms with Crippen molar-refractivity contribution in [3.05, 3.63) is 143 Å². The van der Waals surface area contributed by atoms with Crippen molar-refractivity contribution in [2.75, 3.05) is 57.9 Å². The number of anilines is 2. The molecule has 2 aliphatic rings. The molecule has 0 N–H and O–H groups in total. The number of nitrogens with zero attached hydrogens (tertiary/aromatic N) is 4. The number of methoxy groups -OCH3 is 3. The lowest BCUT2D eigenvalue weighted by Gasteiger charge is -2.25. The molecule has 0 fully saturated rings. The zero-order valence-corrected chi connectivity index (χ0v) is 33.7. The molecule has 0 radical (unpaired) electrons. The summed E-state index contributed by atoms with van der Waals surface area (Å²) < 4.78 is 61.9. The minimum atomic E-state index is -4.47. The Hall–Kier alpha value is -6.63. The van der Waals surface area contributed by atoms with E-state index in [0.29, 0.717) is 58.7 Å². The second-order valence-corrected chi connectivity index (χ2v) is 13.5. The first kappa shape index (κ1) is 42.0. The van der Waals surface area contributed by atoms with Gasteiger partial charge in [-0.05, 0) is 37.6 Å². The highest BCUT2D eigenvalue weighted by atomic mass is 19.4. The Morgan fingerprint density at radius 1 is 0.695 bits per heavy atom. The zero-order chi connectivity index (χ0) is 42.3. The summed E-state index contributed by atoms with van der Waals surface area (Å²) in [6.45, 7) is 4.73. The molecule has 2 aliphatic heterocycles. The highest BCUT2D eigenvalue weighted by Crippen LogP contribution is 2.40. The third-order valence-electron chi connectivity index (χ3n) is 9.92. The highest BCUT2D eigenvalue weighted by Gasteiger charge is 2.34. The fourth-order valence-electron chi connectivity index (χ4n) is 7.00. The van der Waals surface area contributed by atoms with Crippen molar-refractivity contribution in [1.82, 2.24) is 0 Å². The van der Waals surface area contributed by atoms with E-state index in [1.54, 1.807) is 42.2 Å². The van der Waals surface area contributed by atoms with Gasteiger partial charge in [-0.15, -0.1) is 0 Å². The van der Waals surface area contributed by atoms with Crippen LogP contribution in [0.25, 0.3) is 0 Å². The number of hydrogen-bond acceptors (Lipinski definition) is 8. The maximum atomic E-state index is 13.7. The van der Waals surface area contributed by atoms with Gasteiger partial charge < -0.3 is 28.7 Å². The van der Waals surface area contributed by atoms with Gasteiger partial charge in [-0.25, -0.2) is 0 Å². The Bertz CT molecular complexity index is 2370. The van der Waals surface area contributed by atoms with Crippen molar-refractivity contribution >= 4 is 34.6 Å². The maximum absolute atomic E-state index is 13.7. The standard InChI is InChI=1S/C27H25F3N2O3.C19H20N2O3/c1-4-32-22-16-24(35-3)23(34-2)15-20(22)25(18-10-6-5-7-11-18)31-21(26(32)33)14-17-9-8-12-19(13-17)27(28,29)30;1-4-24-17-11-15-14(10-16(17)23-3)19(13-8-6-5-7-9-13)20-12-18(22)21(15)2/h5-13,15-16,21H,4,14H2,1-3H3;5-11H,4,12H2,1-3H3. The zero-order valence-electron chi connectivity index (χ0n) is 33.7. The summed E-state index contributed by atoms with van der Waals surface area (Å²) in [4.78, 5) is 38.6. The molecule has 2 heterocycles. The summed E-state index contributed by atoms with van der Waals surface area (Å²) >= 11 is 0. The number of alkyl halides is 3. The lowest BCUT2D eigenvalue weighted by molar-refractivity contribution is -0.137. The monoisotopic (exact) mass is 806 g/mol. The third-order valence-corrected chi connectivity index (χ3v) is 9.92. The van der Waals surface area contributed by atoms with Gasteiger partial charge in [0, 0.05) is 54.4 Å². The van der Waals surface area contributed by atoms with E-state index >= 15 is 0 Å². The Balaban J connectivity index is 0.000000213. The first-order valence-corrected chi connectivity index (χ1v) is 19.0. The van der Waals surface area contributed by atoms with Crippen molar-refractivity contribution in [3.8, 4) is 23.0 Å². The number of benzene rings is 5. The number of ether oxygens (including phenoxy) is 4. The van der Waals surface area contributed by atoms with Crippen LogP contribution in [0.1, 0.15) is 47.2 Å². The van der Waals surface area contributed by atoms with Crippen LogP contribution >= 0.6 is 0 Å². The Morgan fingerprint density at radius 2 is 1.25 bits per heavy atom. The molecule has 13 heteroatoms. The van der Waals surface area contributed by atoms with Gasteiger partial charge in [-0.3, -0.25) is 19.6 Å². The average Bonchev–Trinajstić information content (AvgIpc) is 3.44. The van der Waals surface area contributed by atoms with Crippen LogP contribution in [0.2, 0.25) is 0 Å². The molecule has 306 valence electrons. The van der Waals surface area contributed by atoms with Crippen LogP contribution in [0.5, 0.6) is 23.0 Å². The molecule has 0 aromatic heterocycles. The average molecular weight is 807 g/mol. The van der Waals surface area contributed by atoms with E-state index in [1.807, 2.05) is 86.6 Å². The number of carbonyl (C=O) groups excluding carboxylic acids is 2. The molecule has 0 saturated carbocycles. The quantitative estimate of drug-likeness (QED) is 0.141. The molecule has 2 amide bonds. The number of rotatable bonds is 10. The van der Waals surface area contributed by atoms with Crippen LogP contribution in [0.15, 0.2) is 119 Å². The van der Waals surface area contributed by atoms with Gasteiger partial charge in [0.2, 0.25) is 5.91 Å². The van der Waals surface area contributed by atoms with Gasteiger partial charge in [0.25, 0.3) is 5.91 Å². The smallest absolute Gasteiger partial charge is 0.416 e. The SMILES string of the molecule is CCN1C(=O)C(Cc2cccc(C(F)(F)F)c2)N=C(c2ccccc2)c2cc(OC)c(OC)cc21.CCOc1cc2c(cc1OC)C(c1ccccc1)=NCC(=O)N2C. The molecule has 10 nitrogen and oxygen atoms in total. The fourth-order valence-corrected chi connectivity index (χ4v) is 7.00. The molecule has 0 spiro atoms. The largest absolute Gasteiger partial charge is 0.493 e. The van der Waals surface area contributed by atoms with Crippen molar-refractivity contribution in [1.29, 1.82) is 0 Å². The predicted molar refractivity (Wildman–Crippen MR) is 223 cm³/mol. The Labute approximate surface area is 341 Å². The number of halogens is 3. The second-order valence-electron chi connectivity index (χ2n) is 13.5. The lowest BCUT2D eigenvalue weighted by Crippen LogP contribution is -2.38. The van der Waals surface area contributed by atoms with E-state index in [-0.39, 0.29) is 24.8 Å². The molecular weight excluding hydrogens is 762 g/mol. The maximum Gasteiger partial charge on any atom is 0.416 e. The van der Waals surface area contributed by atoms with E-state index in [1.165, 1.54) is 20.3 Å². The first-order valence-electron chi connectivity index (χ1n) is 19.0. The Morgan fingerprint density at radius 3 is 1.83 bits per heavy atom. The summed E-state index contributed by atoms with van der Waals surface area (Å²) in [5.41, 5.74) is 5.61. The number of amides is 2. The molecule has 5 aromatic rings. The second kappa shape index (κ2) is 18.3. The molecular formula is C46H45F3N4O6. The van der Waals surface area contributed by atoms with Crippen LogP contribution in [0, 0.1) is 0 Å². The van der Waals surface area contributed by atoms with E-state index in [2.05, 4.69) is 4.99 Å². The summed E-state index contributed by atoms with van der Waals surface area (Å²) in [7, 11) is 6.41. The van der Waals surface area contributed by atoms with Gasteiger partial charge in [0.05, 0.1) is 56.3 Å². The molecule has 0 aliphatic carbocycles. The van der Waals surface area contributed by atoms with Gasteiger partial charge in [-0.1, -0.05) is 78.9 Å². The van der Waals surface area contributed by atoms with Crippen LogP contribution in [-0.2, 0) is 22.2 Å². The minimum Gasteiger partial charge on any atom is -0.493 e. The lowest BCUT2D eigenvalue weighted by atomic mass is 9.99. The van der Waals surface area contributed by atoms with Crippen molar-refractivity contribution in [2.24, 2.45) is 9.98 Å². The van der Waals surface area contributed by atoms with Gasteiger partial charge in [0.1, 0.15) is 12.6 Å². The number of benzodiazepines with no additional fused rings is 2. The summed E-state index contributed by atoms with van der Waals surface area (Å²) in [6, 6.07) is 30.6. The van der Waals surface area contributed by atoms with Crippen molar-refractivity contribution < 1.29 is 41.7 Å².